The SMILES string of the molecule is c1ccc(-c2ccc(-c3nc(-c4cccc5sc6cc(-c7nc(-c8ccccc8)c8ccccc8n7)ccc6c45)nc4ccccc34)cc2)cc1. The Morgan fingerprint density at radius 2 is 0.863 bits per heavy atom. The molecule has 10 aromatic rings. The molecule has 10 rings (SSSR count). The molecule has 0 atom stereocenters. The van der Waals surface area contributed by atoms with Crippen molar-refractivity contribution < 1.29 is 0 Å². The first kappa shape index (κ1) is 29.4. The van der Waals surface area contributed by atoms with Crippen LogP contribution in [0.2, 0.25) is 0 Å². The van der Waals surface area contributed by atoms with Gasteiger partial charge in [-0.15, -0.1) is 11.3 Å². The molecule has 51 heavy (non-hydrogen) atoms. The van der Waals surface area contributed by atoms with Gasteiger partial charge in [0.05, 0.1) is 22.4 Å². The highest BCUT2D eigenvalue weighted by Crippen LogP contribution is 2.42. The predicted molar refractivity (Wildman–Crippen MR) is 213 cm³/mol. The summed E-state index contributed by atoms with van der Waals surface area (Å²) < 4.78 is 2.36. The molecule has 0 saturated carbocycles. The average Bonchev–Trinajstić information content (AvgIpc) is 3.59. The van der Waals surface area contributed by atoms with Gasteiger partial charge in [0, 0.05) is 53.2 Å². The molecule has 3 aromatic heterocycles. The Balaban J connectivity index is 1.11. The minimum Gasteiger partial charge on any atom is -0.228 e. The zero-order valence-electron chi connectivity index (χ0n) is 27.4. The van der Waals surface area contributed by atoms with Crippen molar-refractivity contribution in [2.75, 3.05) is 0 Å². The first-order chi connectivity index (χ1) is 25.3. The minimum absolute atomic E-state index is 0.716. The lowest BCUT2D eigenvalue weighted by atomic mass is 10.00. The van der Waals surface area contributed by atoms with E-state index < -0.39 is 0 Å². The Bertz CT molecular complexity index is 2900. The monoisotopic (exact) mass is 668 g/mol. The van der Waals surface area contributed by atoms with E-state index in [1.165, 1.54) is 25.9 Å². The summed E-state index contributed by atoms with van der Waals surface area (Å²) in [5.74, 6) is 1.43. The molecule has 3 heterocycles. The molecule has 0 aliphatic rings. The zero-order chi connectivity index (χ0) is 33.7. The van der Waals surface area contributed by atoms with Gasteiger partial charge in [-0.2, -0.15) is 0 Å². The largest absolute Gasteiger partial charge is 0.228 e. The van der Waals surface area contributed by atoms with Crippen LogP contribution in [0.15, 0.2) is 170 Å². The highest BCUT2D eigenvalue weighted by atomic mass is 32.1. The van der Waals surface area contributed by atoms with E-state index in [1.807, 2.05) is 30.3 Å². The molecule has 0 unspecified atom stereocenters. The molecule has 5 heteroatoms. The molecule has 0 aliphatic heterocycles. The molecule has 0 spiro atoms. The Labute approximate surface area is 298 Å². The van der Waals surface area contributed by atoms with Crippen molar-refractivity contribution in [3.05, 3.63) is 170 Å². The van der Waals surface area contributed by atoms with Gasteiger partial charge in [-0.25, -0.2) is 19.9 Å². The molecule has 0 aliphatic carbocycles. The lowest BCUT2D eigenvalue weighted by Gasteiger charge is -2.11. The average molecular weight is 669 g/mol. The van der Waals surface area contributed by atoms with Gasteiger partial charge in [-0.3, -0.25) is 0 Å². The van der Waals surface area contributed by atoms with Crippen molar-refractivity contribution >= 4 is 53.3 Å². The van der Waals surface area contributed by atoms with Gasteiger partial charge in [0.15, 0.2) is 11.6 Å². The third kappa shape index (κ3) is 5.14. The molecular weight excluding hydrogens is 641 g/mol. The van der Waals surface area contributed by atoms with Gasteiger partial charge in [-0.1, -0.05) is 146 Å². The second-order valence-electron chi connectivity index (χ2n) is 12.6. The fourth-order valence-corrected chi connectivity index (χ4v) is 8.21. The summed E-state index contributed by atoms with van der Waals surface area (Å²) in [6, 6.07) is 59.0. The molecular formula is C46H28N4S. The smallest absolute Gasteiger partial charge is 0.161 e. The Kier molecular flexibility index (Phi) is 6.96. The van der Waals surface area contributed by atoms with Crippen LogP contribution in [0.3, 0.4) is 0 Å². The summed E-state index contributed by atoms with van der Waals surface area (Å²) in [6.07, 6.45) is 0. The van der Waals surface area contributed by atoms with Gasteiger partial charge in [-0.05, 0) is 35.4 Å². The molecule has 7 aromatic carbocycles. The third-order valence-corrected chi connectivity index (χ3v) is 10.6. The number of nitrogens with zero attached hydrogens (tertiary/aromatic N) is 4. The van der Waals surface area contributed by atoms with Crippen LogP contribution in [0.25, 0.3) is 98.4 Å². The number of benzene rings is 7. The van der Waals surface area contributed by atoms with E-state index in [-0.39, 0.29) is 0 Å². The van der Waals surface area contributed by atoms with Crippen molar-refractivity contribution in [1.82, 2.24) is 19.9 Å². The van der Waals surface area contributed by atoms with E-state index >= 15 is 0 Å². The van der Waals surface area contributed by atoms with Gasteiger partial charge in [0.1, 0.15) is 0 Å². The standard InChI is InChI=1S/C46H28N4S/c1-3-12-29(13-4-1)30-22-24-32(25-23-30)44-35-17-8-10-20-39(35)48-46(50-44)37-18-11-21-40-42(37)36-27-26-33(28-41(36)51-40)45-47-38-19-9-7-16-34(38)43(49-45)31-14-5-2-6-15-31/h1-28H. The second-order valence-corrected chi connectivity index (χ2v) is 13.7. The van der Waals surface area contributed by atoms with Crippen LogP contribution in [0.4, 0.5) is 0 Å². The number of aromatic nitrogens is 4. The highest BCUT2D eigenvalue weighted by Gasteiger charge is 2.18. The van der Waals surface area contributed by atoms with Gasteiger partial charge in [0.2, 0.25) is 0 Å². The summed E-state index contributed by atoms with van der Waals surface area (Å²) >= 11 is 1.78. The molecule has 4 nitrogen and oxygen atoms in total. The van der Waals surface area contributed by atoms with Crippen LogP contribution in [0.1, 0.15) is 0 Å². The lowest BCUT2D eigenvalue weighted by Crippen LogP contribution is -1.96. The van der Waals surface area contributed by atoms with Crippen LogP contribution < -0.4 is 0 Å². The molecule has 0 fully saturated rings. The van der Waals surface area contributed by atoms with Crippen LogP contribution in [-0.4, -0.2) is 19.9 Å². The zero-order valence-corrected chi connectivity index (χ0v) is 28.2. The second kappa shape index (κ2) is 12.1. The number of fused-ring (bicyclic) bond motifs is 5. The number of hydrogen-bond acceptors (Lipinski definition) is 5. The van der Waals surface area contributed by atoms with E-state index in [1.54, 1.807) is 11.3 Å². The molecule has 0 radical (unpaired) electrons. The molecule has 238 valence electrons. The quantitative estimate of drug-likeness (QED) is 0.183. The first-order valence-corrected chi connectivity index (χ1v) is 17.8. The Morgan fingerprint density at radius 1 is 0.333 bits per heavy atom. The van der Waals surface area contributed by atoms with E-state index in [0.29, 0.717) is 5.82 Å². The van der Waals surface area contributed by atoms with E-state index in [2.05, 4.69) is 140 Å². The maximum atomic E-state index is 5.29. The summed E-state index contributed by atoms with van der Waals surface area (Å²) in [4.78, 5) is 20.6. The van der Waals surface area contributed by atoms with Gasteiger partial charge < -0.3 is 0 Å². The summed E-state index contributed by atoms with van der Waals surface area (Å²) in [7, 11) is 0. The third-order valence-electron chi connectivity index (χ3n) is 9.52. The topological polar surface area (TPSA) is 51.6 Å². The van der Waals surface area contributed by atoms with Crippen LogP contribution in [-0.2, 0) is 0 Å². The minimum atomic E-state index is 0.716. The maximum Gasteiger partial charge on any atom is 0.161 e. The van der Waals surface area contributed by atoms with Crippen LogP contribution >= 0.6 is 11.3 Å². The number of hydrogen-bond donors (Lipinski definition) is 0. The lowest BCUT2D eigenvalue weighted by molar-refractivity contribution is 1.23. The fourth-order valence-electron chi connectivity index (χ4n) is 7.04. The van der Waals surface area contributed by atoms with Crippen molar-refractivity contribution in [3.63, 3.8) is 0 Å². The van der Waals surface area contributed by atoms with E-state index in [0.717, 1.165) is 66.7 Å². The fraction of sp³-hybridized carbons (Fsp3) is 0. The summed E-state index contributed by atoms with van der Waals surface area (Å²) in [5, 5.41) is 4.41. The Morgan fingerprint density at radius 3 is 1.57 bits per heavy atom. The molecule has 0 N–H and O–H groups in total. The first-order valence-electron chi connectivity index (χ1n) is 17.0. The number of thiophene rings is 1. The van der Waals surface area contributed by atoms with Crippen molar-refractivity contribution in [2.24, 2.45) is 0 Å². The number of para-hydroxylation sites is 2. The van der Waals surface area contributed by atoms with E-state index in [9.17, 15) is 0 Å². The van der Waals surface area contributed by atoms with Crippen molar-refractivity contribution in [3.8, 4) is 56.4 Å². The molecule has 0 saturated heterocycles. The van der Waals surface area contributed by atoms with E-state index in [4.69, 9.17) is 19.9 Å². The summed E-state index contributed by atoms with van der Waals surface area (Å²) in [5.41, 5.74) is 10.2. The predicted octanol–water partition coefficient (Wildman–Crippen LogP) is 12.3. The number of rotatable bonds is 5. The normalized spacial score (nSPS) is 11.5. The van der Waals surface area contributed by atoms with Crippen LogP contribution in [0.5, 0.6) is 0 Å². The van der Waals surface area contributed by atoms with Crippen molar-refractivity contribution in [1.29, 1.82) is 0 Å². The highest BCUT2D eigenvalue weighted by molar-refractivity contribution is 7.26. The van der Waals surface area contributed by atoms with Crippen molar-refractivity contribution in [2.45, 2.75) is 0 Å². The maximum absolute atomic E-state index is 5.29. The van der Waals surface area contributed by atoms with Gasteiger partial charge >= 0.3 is 0 Å². The Hall–Kier alpha value is -6.56. The molecule has 0 bridgehead atoms. The van der Waals surface area contributed by atoms with Crippen LogP contribution in [0, 0.1) is 0 Å². The summed E-state index contributed by atoms with van der Waals surface area (Å²) in [6.45, 7) is 0. The van der Waals surface area contributed by atoms with Gasteiger partial charge in [0.25, 0.3) is 0 Å². The molecule has 0 amide bonds.